The summed E-state index contributed by atoms with van der Waals surface area (Å²) in [5.74, 6) is 0.790. The number of nitrogens with one attached hydrogen (secondary N) is 1. The lowest BCUT2D eigenvalue weighted by molar-refractivity contribution is 0.161. The molecule has 1 aliphatic rings. The van der Waals surface area contributed by atoms with Gasteiger partial charge in [-0.2, -0.15) is 0 Å². The summed E-state index contributed by atoms with van der Waals surface area (Å²) in [5.41, 5.74) is 1.14. The van der Waals surface area contributed by atoms with Gasteiger partial charge in [0.25, 0.3) is 0 Å². The smallest absolute Gasteiger partial charge is 0.0454 e. The zero-order valence-electron chi connectivity index (χ0n) is 13.0. The molecule has 1 aliphatic heterocycles. The highest BCUT2D eigenvalue weighted by atomic mass is 35.5. The molecule has 0 saturated carbocycles. The number of hydrogen-bond donors (Lipinski definition) is 1. The van der Waals surface area contributed by atoms with Crippen molar-refractivity contribution in [3.8, 4) is 0 Å². The zero-order chi connectivity index (χ0) is 15.2. The maximum atomic E-state index is 6.38. The molecule has 0 aliphatic carbocycles. The van der Waals surface area contributed by atoms with Crippen LogP contribution in [0.5, 0.6) is 0 Å². The van der Waals surface area contributed by atoms with Crippen LogP contribution in [0, 0.1) is 5.92 Å². The van der Waals surface area contributed by atoms with Crippen molar-refractivity contribution in [2.45, 2.75) is 39.2 Å². The first kappa shape index (κ1) is 17.1. The Morgan fingerprint density at radius 2 is 2.00 bits per heavy atom. The second kappa shape index (κ2) is 8.38. The van der Waals surface area contributed by atoms with Crippen molar-refractivity contribution in [3.63, 3.8) is 0 Å². The number of nitrogens with zero attached hydrogens (tertiary/aromatic N) is 1. The van der Waals surface area contributed by atoms with Gasteiger partial charge in [0.1, 0.15) is 0 Å². The van der Waals surface area contributed by atoms with Crippen LogP contribution in [0.2, 0.25) is 10.0 Å². The second-order valence-electron chi connectivity index (χ2n) is 6.03. The number of halogens is 2. The van der Waals surface area contributed by atoms with E-state index in [4.69, 9.17) is 23.2 Å². The zero-order valence-corrected chi connectivity index (χ0v) is 14.6. The molecule has 0 amide bonds. The maximum absolute atomic E-state index is 6.38. The van der Waals surface area contributed by atoms with Gasteiger partial charge in [0, 0.05) is 22.6 Å². The van der Waals surface area contributed by atoms with Crippen molar-refractivity contribution in [2.75, 3.05) is 26.2 Å². The SMILES string of the molecule is CCCN(CC1CCNCC1)C(C)c1cc(Cl)ccc1Cl. The number of rotatable bonds is 6. The van der Waals surface area contributed by atoms with E-state index in [1.165, 1.54) is 12.8 Å². The lowest BCUT2D eigenvalue weighted by atomic mass is 9.96. The van der Waals surface area contributed by atoms with Gasteiger partial charge in [0.2, 0.25) is 0 Å². The Morgan fingerprint density at radius 3 is 2.67 bits per heavy atom. The minimum atomic E-state index is 0.311. The molecule has 1 aromatic carbocycles. The first-order valence-corrected chi connectivity index (χ1v) is 8.77. The summed E-state index contributed by atoms with van der Waals surface area (Å²) < 4.78 is 0. The Balaban J connectivity index is 2.10. The van der Waals surface area contributed by atoms with Gasteiger partial charge in [-0.25, -0.2) is 0 Å². The van der Waals surface area contributed by atoms with Crippen LogP contribution in [0.4, 0.5) is 0 Å². The van der Waals surface area contributed by atoms with Crippen LogP contribution in [0.25, 0.3) is 0 Å². The van der Waals surface area contributed by atoms with Crippen molar-refractivity contribution in [2.24, 2.45) is 5.92 Å². The van der Waals surface area contributed by atoms with Crippen molar-refractivity contribution in [1.82, 2.24) is 10.2 Å². The molecule has 21 heavy (non-hydrogen) atoms. The van der Waals surface area contributed by atoms with Crippen LogP contribution in [0.3, 0.4) is 0 Å². The maximum Gasteiger partial charge on any atom is 0.0454 e. The Kier molecular flexibility index (Phi) is 6.81. The third kappa shape index (κ3) is 4.85. The molecule has 0 spiro atoms. The first-order chi connectivity index (χ1) is 10.1. The van der Waals surface area contributed by atoms with Crippen LogP contribution in [-0.2, 0) is 0 Å². The van der Waals surface area contributed by atoms with Crippen molar-refractivity contribution < 1.29 is 0 Å². The summed E-state index contributed by atoms with van der Waals surface area (Å²) in [7, 11) is 0. The van der Waals surface area contributed by atoms with Crippen LogP contribution < -0.4 is 5.32 Å². The first-order valence-electron chi connectivity index (χ1n) is 8.01. The second-order valence-corrected chi connectivity index (χ2v) is 6.87. The van der Waals surface area contributed by atoms with E-state index in [-0.39, 0.29) is 0 Å². The molecule has 118 valence electrons. The quantitative estimate of drug-likeness (QED) is 0.809. The molecule has 2 rings (SSSR count). The normalized spacial score (nSPS) is 18.1. The van der Waals surface area contributed by atoms with E-state index in [0.717, 1.165) is 54.1 Å². The van der Waals surface area contributed by atoms with Gasteiger partial charge in [-0.3, -0.25) is 4.90 Å². The minimum Gasteiger partial charge on any atom is -0.317 e. The summed E-state index contributed by atoms with van der Waals surface area (Å²) in [4.78, 5) is 2.56. The molecule has 1 unspecified atom stereocenters. The molecule has 4 heteroatoms. The number of benzene rings is 1. The molecule has 0 bridgehead atoms. The summed E-state index contributed by atoms with van der Waals surface area (Å²) in [6.07, 6.45) is 3.71. The highest BCUT2D eigenvalue weighted by Crippen LogP contribution is 2.31. The van der Waals surface area contributed by atoms with Gasteiger partial charge in [-0.05, 0) is 75.5 Å². The Hall–Kier alpha value is -0.280. The minimum absolute atomic E-state index is 0.311. The molecule has 1 atom stereocenters. The molecular formula is C17H26Cl2N2. The highest BCUT2D eigenvalue weighted by molar-refractivity contribution is 6.33. The monoisotopic (exact) mass is 328 g/mol. The highest BCUT2D eigenvalue weighted by Gasteiger charge is 2.22. The van der Waals surface area contributed by atoms with Crippen LogP contribution >= 0.6 is 23.2 Å². The molecule has 1 heterocycles. The van der Waals surface area contributed by atoms with Gasteiger partial charge in [0.05, 0.1) is 0 Å². The van der Waals surface area contributed by atoms with Crippen LogP contribution in [0.1, 0.15) is 44.7 Å². The fourth-order valence-corrected chi connectivity index (χ4v) is 3.61. The van der Waals surface area contributed by atoms with Gasteiger partial charge in [-0.15, -0.1) is 0 Å². The van der Waals surface area contributed by atoms with E-state index in [1.807, 2.05) is 18.2 Å². The fraction of sp³-hybridized carbons (Fsp3) is 0.647. The molecule has 0 aromatic heterocycles. The van der Waals surface area contributed by atoms with Gasteiger partial charge in [0.15, 0.2) is 0 Å². The molecule has 1 saturated heterocycles. The van der Waals surface area contributed by atoms with Crippen LogP contribution in [-0.4, -0.2) is 31.1 Å². The van der Waals surface area contributed by atoms with E-state index < -0.39 is 0 Å². The van der Waals surface area contributed by atoms with E-state index in [1.54, 1.807) is 0 Å². The Bertz CT molecular complexity index is 444. The predicted molar refractivity (Wildman–Crippen MR) is 92.3 cm³/mol. The average Bonchev–Trinajstić information content (AvgIpc) is 2.49. The van der Waals surface area contributed by atoms with Crippen molar-refractivity contribution >= 4 is 23.2 Å². The lowest BCUT2D eigenvalue weighted by Crippen LogP contribution is -2.37. The van der Waals surface area contributed by atoms with Gasteiger partial charge >= 0.3 is 0 Å². The molecule has 1 aromatic rings. The van der Waals surface area contributed by atoms with E-state index in [2.05, 4.69) is 24.1 Å². The fourth-order valence-electron chi connectivity index (χ4n) is 3.16. The Morgan fingerprint density at radius 1 is 1.29 bits per heavy atom. The standard InChI is InChI=1S/C17H26Cl2N2/c1-3-10-21(12-14-6-8-20-9-7-14)13(2)16-11-15(18)4-5-17(16)19/h4-5,11,13-14,20H,3,6-10,12H2,1-2H3. The summed E-state index contributed by atoms with van der Waals surface area (Å²) in [5, 5.41) is 5.02. The predicted octanol–water partition coefficient (Wildman–Crippen LogP) is 4.77. The van der Waals surface area contributed by atoms with Gasteiger partial charge < -0.3 is 5.32 Å². The third-order valence-corrected chi connectivity index (χ3v) is 5.00. The van der Waals surface area contributed by atoms with Crippen LogP contribution in [0.15, 0.2) is 18.2 Å². The third-order valence-electron chi connectivity index (χ3n) is 4.42. The van der Waals surface area contributed by atoms with Gasteiger partial charge in [-0.1, -0.05) is 30.1 Å². The molecule has 2 nitrogen and oxygen atoms in total. The number of hydrogen-bond acceptors (Lipinski definition) is 2. The molecule has 0 radical (unpaired) electrons. The van der Waals surface area contributed by atoms with E-state index in [9.17, 15) is 0 Å². The summed E-state index contributed by atoms with van der Waals surface area (Å²) >= 11 is 12.5. The van der Waals surface area contributed by atoms with E-state index in [0.29, 0.717) is 6.04 Å². The summed E-state index contributed by atoms with van der Waals surface area (Å²) in [6.45, 7) is 9.04. The Labute approximate surface area is 138 Å². The molecule has 1 fully saturated rings. The van der Waals surface area contributed by atoms with Crippen molar-refractivity contribution in [3.05, 3.63) is 33.8 Å². The van der Waals surface area contributed by atoms with Crippen molar-refractivity contribution in [1.29, 1.82) is 0 Å². The molecule has 1 N–H and O–H groups in total. The largest absolute Gasteiger partial charge is 0.317 e. The topological polar surface area (TPSA) is 15.3 Å². The lowest BCUT2D eigenvalue weighted by Gasteiger charge is -2.34. The summed E-state index contributed by atoms with van der Waals surface area (Å²) in [6, 6.07) is 6.09. The number of piperidine rings is 1. The van der Waals surface area contributed by atoms with E-state index >= 15 is 0 Å². The molecular weight excluding hydrogens is 303 g/mol. The average molecular weight is 329 g/mol.